The Balaban J connectivity index is 0. The van der Waals surface area contributed by atoms with Gasteiger partial charge >= 0.3 is 17.1 Å². The Morgan fingerprint density at radius 2 is 1.25 bits per heavy atom. The van der Waals surface area contributed by atoms with E-state index in [0.29, 0.717) is 27.5 Å². The molecule has 32 heavy (non-hydrogen) atoms. The summed E-state index contributed by atoms with van der Waals surface area (Å²) in [6.07, 6.45) is 11.2. The van der Waals surface area contributed by atoms with Crippen LogP contribution in [0, 0.1) is 20.8 Å². The average molecular weight is 523 g/mol. The molecule has 0 spiro atoms. The van der Waals surface area contributed by atoms with Gasteiger partial charge < -0.3 is 19.4 Å². The first-order valence-corrected chi connectivity index (χ1v) is 14.8. The van der Waals surface area contributed by atoms with Gasteiger partial charge in [0.15, 0.2) is 0 Å². The van der Waals surface area contributed by atoms with Crippen molar-refractivity contribution in [1.29, 1.82) is 0 Å². The second-order valence-corrected chi connectivity index (χ2v) is 17.4. The predicted octanol–water partition coefficient (Wildman–Crippen LogP) is 9.36. The summed E-state index contributed by atoms with van der Waals surface area (Å²) in [5, 5.41) is 1.76. The van der Waals surface area contributed by atoms with Gasteiger partial charge in [-0.3, -0.25) is 0 Å². The number of hydrogen-bond donors (Lipinski definition) is 0. The number of hydrogen-bond acceptors (Lipinski definition) is 1. The van der Waals surface area contributed by atoms with Crippen LogP contribution in [0.1, 0.15) is 99.8 Å². The van der Waals surface area contributed by atoms with Gasteiger partial charge in [0.25, 0.3) is 0 Å². The molecule has 188 valence electrons. The standard InChI is InChI=1S/C21H36OP2.C5H10.2CH3.Fe/c1-16(24(20(2,3)4)21(5,6)7)18-14-11-15-19(18)23(22)17-12-9-8-10-13-17;1-2-4-5-3-1;;;/h8-10,12-13,16,18-19,23H,11,14-15H2,1-7H3;1-5H2;2*1H3;/q;;2*-1;+2/t16-,18?,19?;;;;/m1..../s1. The average Bonchev–Trinajstić information content (AvgIpc) is 3.33. The van der Waals surface area contributed by atoms with E-state index in [-0.39, 0.29) is 39.8 Å². The first kappa shape index (κ1) is 34.6. The van der Waals surface area contributed by atoms with Crippen LogP contribution in [0.4, 0.5) is 0 Å². The number of benzene rings is 1. The van der Waals surface area contributed by atoms with Crippen molar-refractivity contribution in [3.05, 3.63) is 45.2 Å². The van der Waals surface area contributed by atoms with E-state index in [4.69, 9.17) is 0 Å². The summed E-state index contributed by atoms with van der Waals surface area (Å²) in [4.78, 5) is 0. The molecule has 2 unspecified atom stereocenters. The van der Waals surface area contributed by atoms with Crippen molar-refractivity contribution < 1.29 is 21.6 Å². The van der Waals surface area contributed by atoms with Crippen molar-refractivity contribution in [3.8, 4) is 0 Å². The summed E-state index contributed by atoms with van der Waals surface area (Å²) in [6, 6.07) is 10.2. The molecule has 0 aliphatic heterocycles. The fourth-order valence-corrected chi connectivity index (χ4v) is 13.6. The van der Waals surface area contributed by atoms with E-state index in [2.05, 4.69) is 60.6 Å². The largest absolute Gasteiger partial charge is 2.00 e. The van der Waals surface area contributed by atoms with Gasteiger partial charge in [0.1, 0.15) is 7.80 Å². The molecule has 2 aliphatic carbocycles. The van der Waals surface area contributed by atoms with Crippen LogP contribution in [0.15, 0.2) is 30.3 Å². The van der Waals surface area contributed by atoms with Crippen LogP contribution in [0.2, 0.25) is 0 Å². The molecule has 3 rings (SSSR count). The second kappa shape index (κ2) is 15.4. The van der Waals surface area contributed by atoms with Crippen molar-refractivity contribution in [2.75, 3.05) is 0 Å². The molecule has 0 saturated heterocycles. The van der Waals surface area contributed by atoms with E-state index < -0.39 is 7.80 Å². The fraction of sp³-hybridized carbons (Fsp3) is 0.714. The topological polar surface area (TPSA) is 17.1 Å². The molecule has 0 aromatic heterocycles. The van der Waals surface area contributed by atoms with Crippen LogP contribution >= 0.6 is 15.7 Å². The third-order valence-electron chi connectivity index (χ3n) is 6.69. The summed E-state index contributed by atoms with van der Waals surface area (Å²) in [5.74, 6) is 0.626. The summed E-state index contributed by atoms with van der Waals surface area (Å²) >= 11 is 0. The zero-order valence-corrected chi connectivity index (χ0v) is 25.5. The summed E-state index contributed by atoms with van der Waals surface area (Å²) in [6.45, 7) is 16.9. The normalized spacial score (nSPS) is 22.5. The molecule has 2 saturated carbocycles. The maximum Gasteiger partial charge on any atom is 2.00 e. The maximum absolute atomic E-state index is 13.3. The van der Waals surface area contributed by atoms with Gasteiger partial charge in [-0.15, -0.1) is 0 Å². The van der Waals surface area contributed by atoms with Gasteiger partial charge in [-0.1, -0.05) is 125 Å². The van der Waals surface area contributed by atoms with Crippen LogP contribution in [-0.2, 0) is 21.6 Å². The van der Waals surface area contributed by atoms with E-state index in [1.54, 1.807) is 0 Å². The minimum Gasteiger partial charge on any atom is -0.358 e. The molecule has 0 heterocycles. The van der Waals surface area contributed by atoms with E-state index in [1.165, 1.54) is 44.9 Å². The number of rotatable bonds is 4. The Kier molecular flexibility index (Phi) is 16.6. The molecular weight excluding hydrogens is 470 g/mol. The molecule has 4 atom stereocenters. The Labute approximate surface area is 214 Å². The molecule has 1 aromatic rings. The fourth-order valence-electron chi connectivity index (χ4n) is 6.01. The molecule has 2 aliphatic rings. The molecule has 0 amide bonds. The monoisotopic (exact) mass is 522 g/mol. The Morgan fingerprint density at radius 3 is 1.66 bits per heavy atom. The van der Waals surface area contributed by atoms with E-state index in [0.717, 1.165) is 11.7 Å². The predicted molar refractivity (Wildman–Crippen MR) is 148 cm³/mol. The van der Waals surface area contributed by atoms with Gasteiger partial charge in [-0.2, -0.15) is 0 Å². The van der Waals surface area contributed by atoms with Crippen molar-refractivity contribution in [3.63, 3.8) is 0 Å². The summed E-state index contributed by atoms with van der Waals surface area (Å²) < 4.78 is 13.3. The van der Waals surface area contributed by atoms with Crippen molar-refractivity contribution >= 4 is 21.0 Å². The molecule has 1 nitrogen and oxygen atoms in total. The van der Waals surface area contributed by atoms with Crippen LogP contribution in [0.5, 0.6) is 0 Å². The molecule has 0 radical (unpaired) electrons. The minimum atomic E-state index is -1.70. The van der Waals surface area contributed by atoms with Crippen molar-refractivity contribution in [2.24, 2.45) is 5.92 Å². The molecule has 4 heteroatoms. The maximum atomic E-state index is 13.3. The van der Waals surface area contributed by atoms with Crippen LogP contribution < -0.4 is 5.30 Å². The molecule has 0 N–H and O–H groups in total. The zero-order valence-electron chi connectivity index (χ0n) is 22.5. The van der Waals surface area contributed by atoms with Crippen molar-refractivity contribution in [2.45, 2.75) is 121 Å². The van der Waals surface area contributed by atoms with Crippen LogP contribution in [0.3, 0.4) is 0 Å². The van der Waals surface area contributed by atoms with Gasteiger partial charge in [0.2, 0.25) is 0 Å². The van der Waals surface area contributed by atoms with Crippen LogP contribution in [-0.4, -0.2) is 21.6 Å². The van der Waals surface area contributed by atoms with E-state index >= 15 is 0 Å². The first-order valence-electron chi connectivity index (χ1n) is 11.9. The summed E-state index contributed by atoms with van der Waals surface area (Å²) in [7, 11) is -1.86. The third-order valence-corrected chi connectivity index (χ3v) is 13.1. The first-order chi connectivity index (χ1) is 13.5. The summed E-state index contributed by atoms with van der Waals surface area (Å²) in [5.41, 5.74) is 1.08. The molecule has 0 bridgehead atoms. The second-order valence-electron chi connectivity index (χ2n) is 11.2. The van der Waals surface area contributed by atoms with Gasteiger partial charge in [0.05, 0.1) is 0 Å². The third kappa shape index (κ3) is 9.95. The molecular formula is C28H52FeOP2. The molecule has 2 fully saturated rings. The van der Waals surface area contributed by atoms with Gasteiger partial charge in [0, 0.05) is 11.0 Å². The molecule has 1 aromatic carbocycles. The zero-order chi connectivity index (χ0) is 21.7. The van der Waals surface area contributed by atoms with Crippen LogP contribution in [0.25, 0.3) is 0 Å². The van der Waals surface area contributed by atoms with Crippen molar-refractivity contribution in [1.82, 2.24) is 0 Å². The Hall–Kier alpha value is 0.399. The SMILES string of the molecule is C1CCCC1.C[C@H](C1CCCC1[P@H](=O)c1ccccc1)P(C(C)(C)C)C(C)(C)C.[CH3-].[CH3-].[Fe+2]. The minimum absolute atomic E-state index is 0. The Morgan fingerprint density at radius 1 is 0.812 bits per heavy atom. The van der Waals surface area contributed by atoms with E-state index in [9.17, 15) is 4.57 Å². The van der Waals surface area contributed by atoms with Gasteiger partial charge in [-0.25, -0.2) is 0 Å². The van der Waals surface area contributed by atoms with E-state index in [1.807, 2.05) is 18.2 Å². The Bertz CT molecular complexity index is 607. The quantitative estimate of drug-likeness (QED) is 0.219. The van der Waals surface area contributed by atoms with Gasteiger partial charge in [-0.05, 0) is 34.7 Å². The smallest absolute Gasteiger partial charge is 0.358 e.